The second-order valence-electron chi connectivity index (χ2n) is 6.27. The molecule has 168 valence electrons. The van der Waals surface area contributed by atoms with E-state index >= 15 is 0 Å². The third kappa shape index (κ3) is 6.15. The molecule has 1 aromatic heterocycles. The van der Waals surface area contributed by atoms with Gasteiger partial charge in [0.05, 0.1) is 23.3 Å². The number of carboxylic acids is 1. The second-order valence-corrected chi connectivity index (χ2v) is 8.87. The van der Waals surface area contributed by atoms with Gasteiger partial charge in [0.15, 0.2) is 0 Å². The van der Waals surface area contributed by atoms with Crippen molar-refractivity contribution in [3.63, 3.8) is 0 Å². The maximum atomic E-state index is 12.0. The second kappa shape index (κ2) is 10.6. The van der Waals surface area contributed by atoms with E-state index in [4.69, 9.17) is 10.8 Å². The lowest BCUT2D eigenvalue weighted by molar-refractivity contribution is 0.0599. The van der Waals surface area contributed by atoms with Gasteiger partial charge in [0.1, 0.15) is 4.88 Å². The van der Waals surface area contributed by atoms with Crippen LogP contribution in [0.5, 0.6) is 0 Å². The van der Waals surface area contributed by atoms with Crippen LogP contribution in [0.2, 0.25) is 0 Å². The maximum absolute atomic E-state index is 12.0. The lowest BCUT2D eigenvalue weighted by Gasteiger charge is -2.07. The number of aromatic carboxylic acids is 1. The van der Waals surface area contributed by atoms with Gasteiger partial charge in [-0.15, -0.1) is 11.3 Å². The highest BCUT2D eigenvalue weighted by atomic mass is 32.2. The largest absolute Gasteiger partial charge is 0.477 e. The van der Waals surface area contributed by atoms with Gasteiger partial charge in [0.25, 0.3) is 10.0 Å². The number of anilines is 1. The number of carbonyl (C=O) groups excluding carboxylic acids is 2. The number of rotatable bonds is 6. The van der Waals surface area contributed by atoms with Crippen LogP contribution in [0.1, 0.15) is 36.0 Å². The third-order valence-corrected chi connectivity index (χ3v) is 6.37. The molecule has 11 heteroatoms. The van der Waals surface area contributed by atoms with Gasteiger partial charge in [-0.1, -0.05) is 24.3 Å². The monoisotopic (exact) mass is 476 g/mol. The van der Waals surface area contributed by atoms with Crippen molar-refractivity contribution in [3.8, 4) is 0 Å². The van der Waals surface area contributed by atoms with E-state index in [1.165, 1.54) is 36.8 Å². The molecule has 0 radical (unpaired) electrons. The van der Waals surface area contributed by atoms with Crippen LogP contribution in [0.15, 0.2) is 64.9 Å². The molecule has 1 amide bonds. The van der Waals surface area contributed by atoms with Crippen molar-refractivity contribution in [1.29, 1.82) is 0 Å². The van der Waals surface area contributed by atoms with E-state index in [0.717, 1.165) is 16.9 Å². The van der Waals surface area contributed by atoms with Crippen LogP contribution in [-0.4, -0.2) is 38.5 Å². The van der Waals surface area contributed by atoms with E-state index < -0.39 is 27.9 Å². The topological polar surface area (TPSA) is 153 Å². The van der Waals surface area contributed by atoms with Gasteiger partial charge in [0.2, 0.25) is 5.91 Å². The Kier molecular flexibility index (Phi) is 8.10. The van der Waals surface area contributed by atoms with E-state index in [0.29, 0.717) is 11.1 Å². The molecule has 4 N–H and O–H groups in total. The van der Waals surface area contributed by atoms with Gasteiger partial charge in [-0.3, -0.25) is 9.52 Å². The fourth-order valence-electron chi connectivity index (χ4n) is 2.49. The van der Waals surface area contributed by atoms with Crippen molar-refractivity contribution in [2.75, 3.05) is 11.8 Å². The fraction of sp³-hybridized carbons (Fsp3) is 0.0952. The molecule has 3 aromatic rings. The number of carbonyl (C=O) groups is 3. The first-order chi connectivity index (χ1) is 15.1. The molecule has 0 aliphatic rings. The van der Waals surface area contributed by atoms with Crippen LogP contribution in [0, 0.1) is 6.92 Å². The van der Waals surface area contributed by atoms with E-state index in [1.54, 1.807) is 37.3 Å². The first-order valence-electron chi connectivity index (χ1n) is 8.94. The molecule has 0 saturated heterocycles. The predicted octanol–water partition coefficient (Wildman–Crippen LogP) is 3.13. The number of amides is 1. The maximum Gasteiger partial charge on any atom is 0.348 e. The Labute approximate surface area is 188 Å². The average Bonchev–Trinajstić information content (AvgIpc) is 3.22. The number of esters is 1. The van der Waals surface area contributed by atoms with Crippen molar-refractivity contribution < 1.29 is 32.6 Å². The molecule has 2 aromatic carbocycles. The fourth-order valence-corrected chi connectivity index (χ4v) is 4.34. The summed E-state index contributed by atoms with van der Waals surface area (Å²) >= 11 is 0.967. The SMILES string of the molecule is COC(=O)c1ccc(C)c(C(N)=O)c1.O=C(O)c1sccc1NS(=O)(=O)c1ccccc1. The number of nitrogens with one attached hydrogen (secondary N) is 1. The van der Waals surface area contributed by atoms with Gasteiger partial charge >= 0.3 is 11.9 Å². The molecule has 3 rings (SSSR count). The highest BCUT2D eigenvalue weighted by molar-refractivity contribution is 7.92. The number of hydrogen-bond acceptors (Lipinski definition) is 7. The highest BCUT2D eigenvalue weighted by Crippen LogP contribution is 2.25. The summed E-state index contributed by atoms with van der Waals surface area (Å²) in [7, 11) is -2.46. The summed E-state index contributed by atoms with van der Waals surface area (Å²) in [5, 5.41) is 10.4. The van der Waals surface area contributed by atoms with Gasteiger partial charge in [-0.05, 0) is 48.2 Å². The number of aryl methyl sites for hydroxylation is 1. The minimum Gasteiger partial charge on any atom is -0.477 e. The smallest absolute Gasteiger partial charge is 0.348 e. The van der Waals surface area contributed by atoms with Gasteiger partial charge < -0.3 is 15.6 Å². The molecule has 0 bridgehead atoms. The predicted molar refractivity (Wildman–Crippen MR) is 120 cm³/mol. The van der Waals surface area contributed by atoms with Gasteiger partial charge in [0, 0.05) is 5.56 Å². The quantitative estimate of drug-likeness (QED) is 0.462. The first-order valence-corrected chi connectivity index (χ1v) is 11.3. The molecule has 1 heterocycles. The molecule has 0 atom stereocenters. The normalized spacial score (nSPS) is 10.4. The van der Waals surface area contributed by atoms with Crippen LogP contribution in [-0.2, 0) is 14.8 Å². The Morgan fingerprint density at radius 3 is 2.28 bits per heavy atom. The zero-order valence-corrected chi connectivity index (χ0v) is 18.7. The molecule has 0 unspecified atom stereocenters. The van der Waals surface area contributed by atoms with Crippen molar-refractivity contribution >= 4 is 44.9 Å². The van der Waals surface area contributed by atoms with Crippen LogP contribution < -0.4 is 10.5 Å². The first kappa shape index (κ1) is 24.6. The number of nitrogens with two attached hydrogens (primary N) is 1. The van der Waals surface area contributed by atoms with Crippen molar-refractivity contribution in [1.82, 2.24) is 0 Å². The standard InChI is InChI=1S/C11H9NO4S2.C10H11NO3/c13-11(14)10-9(6-7-17-10)12-18(15,16)8-4-2-1-3-5-8;1-6-3-4-7(10(13)14-2)5-8(6)9(11)12/h1-7,12H,(H,13,14);3-5H,1-2H3,(H2,11,12). The Bertz CT molecular complexity index is 1240. The highest BCUT2D eigenvalue weighted by Gasteiger charge is 2.19. The van der Waals surface area contributed by atoms with Gasteiger partial charge in [-0.25, -0.2) is 18.0 Å². The van der Waals surface area contributed by atoms with Crippen LogP contribution in [0.3, 0.4) is 0 Å². The van der Waals surface area contributed by atoms with Crippen LogP contribution >= 0.6 is 11.3 Å². The summed E-state index contributed by atoms with van der Waals surface area (Å²) < 4.78 is 30.7. The molecule has 0 aliphatic carbocycles. The number of primary amides is 1. The Morgan fingerprint density at radius 1 is 1.06 bits per heavy atom. The number of thiophene rings is 1. The summed E-state index contributed by atoms with van der Waals surface area (Å²) in [5.74, 6) is -2.18. The third-order valence-electron chi connectivity index (χ3n) is 4.08. The minimum absolute atomic E-state index is 0.0329. The Hall–Kier alpha value is -3.70. The molecule has 32 heavy (non-hydrogen) atoms. The number of carboxylic acid groups (broad SMARTS) is 1. The zero-order valence-electron chi connectivity index (χ0n) is 17.1. The molecule has 0 spiro atoms. The molecule has 0 fully saturated rings. The summed E-state index contributed by atoms with van der Waals surface area (Å²) in [6.45, 7) is 1.75. The molecular formula is C21H20N2O7S2. The summed E-state index contributed by atoms with van der Waals surface area (Å²) in [4.78, 5) is 33.0. The Balaban J connectivity index is 0.000000235. The van der Waals surface area contributed by atoms with Crippen molar-refractivity contribution in [2.24, 2.45) is 5.73 Å². The average molecular weight is 477 g/mol. The van der Waals surface area contributed by atoms with E-state index in [1.807, 2.05) is 0 Å². The number of sulfonamides is 1. The van der Waals surface area contributed by atoms with Crippen molar-refractivity contribution in [3.05, 3.63) is 81.5 Å². The zero-order chi connectivity index (χ0) is 23.9. The summed E-state index contributed by atoms with van der Waals surface area (Å²) in [5.41, 5.74) is 6.62. The van der Waals surface area contributed by atoms with E-state index in [2.05, 4.69) is 9.46 Å². The number of ether oxygens (including phenoxy) is 1. The minimum atomic E-state index is -3.75. The molecular weight excluding hydrogens is 456 g/mol. The number of hydrogen-bond donors (Lipinski definition) is 3. The lowest BCUT2D eigenvalue weighted by atomic mass is 10.0. The summed E-state index contributed by atoms with van der Waals surface area (Å²) in [6, 6.07) is 13.9. The van der Waals surface area contributed by atoms with Crippen molar-refractivity contribution in [2.45, 2.75) is 11.8 Å². The molecule has 0 saturated carbocycles. The number of methoxy groups -OCH3 is 1. The molecule has 9 nitrogen and oxygen atoms in total. The van der Waals surface area contributed by atoms with Crippen LogP contribution in [0.4, 0.5) is 5.69 Å². The number of benzene rings is 2. The summed E-state index contributed by atoms with van der Waals surface area (Å²) in [6.07, 6.45) is 0. The van der Waals surface area contributed by atoms with Crippen LogP contribution in [0.25, 0.3) is 0 Å². The molecule has 0 aliphatic heterocycles. The van der Waals surface area contributed by atoms with E-state index in [-0.39, 0.29) is 15.5 Å². The Morgan fingerprint density at radius 2 is 1.72 bits per heavy atom. The van der Waals surface area contributed by atoms with Gasteiger partial charge in [-0.2, -0.15) is 0 Å². The van der Waals surface area contributed by atoms with E-state index in [9.17, 15) is 22.8 Å². The lowest BCUT2D eigenvalue weighted by Crippen LogP contribution is -2.14.